The summed E-state index contributed by atoms with van der Waals surface area (Å²) in [7, 11) is 14.9. The fraction of sp³-hybridized carbons (Fsp3) is 0.738. The number of hydrogen-bond acceptors (Lipinski definition) is 13. The Morgan fingerprint density at radius 3 is 1.14 bits per heavy atom. The zero-order valence-electron chi connectivity index (χ0n) is 91.7. The number of rotatable bonds is 0. The second-order valence-electron chi connectivity index (χ2n) is 41.5. The van der Waals surface area contributed by atoms with Gasteiger partial charge < -0.3 is 29.2 Å². The van der Waals surface area contributed by atoms with Crippen LogP contribution in [-0.2, 0) is 81.9 Å². The maximum absolute atomic E-state index is 12.1. The lowest BCUT2D eigenvalue weighted by Gasteiger charge is -2.36. The predicted octanol–water partition coefficient (Wildman–Crippen LogP) is 20.7. The maximum atomic E-state index is 12.1. The molecule has 0 spiro atoms. The standard InChI is InChI=1S/C12H16N2O.C12H15NO.C10H18N2O.C9H16N2O.C9H17NO.2C8H16N2O.C8H15NO.C7H12N2O.C7H13NO2.6C2H6.CH4/c1-12(2,3)10-9-7-5-6-8-14(9)13(4)11(10)15;1-12(2,3)13-8-9-6-4-5-7-10(9)11(13)14;1-7-8(10(2,3)4)9(13)12(6)11(7)5;1-9(2,3)7-6-8(12)11(5)10(7)4;1-9(2,3)7-5-6-10(4)8(7)11;1-8(2,3)10-6-5-9(4)7(10)11;1-8(2,3)10-7(11)5-6-9(10)4;1-8(2,3)9-6-4-5-7(9)10;1-7(2,3)9-6(10)4-5-8-9;1-7(2,3)8-4-5-10-6(8)9;6*1-2;/h5-8H,1-4H3;4-7H,8H2,1-3H3;1-6H3;6H,1-5H3;7H,5-6H2,1-4H3;2*5-6H2,1-4H3;4-6H2,1-3H3;5H,4H2,1-3H3;4-5H2,1-3H3;6*1-2H3;1H4. The first-order chi connectivity index (χ1) is 58.9. The van der Waals surface area contributed by atoms with Crippen LogP contribution in [0.15, 0.2) is 74.2 Å². The van der Waals surface area contributed by atoms with E-state index in [1.165, 1.54) is 5.01 Å². The van der Waals surface area contributed by atoms with Crippen LogP contribution in [0.25, 0.3) is 5.52 Å². The number of nitrogens with zero attached hydrogens (tertiary/aromatic N) is 16. The number of amides is 8. The number of likely N-dealkylation sites (tertiary alicyclic amines) is 2. The summed E-state index contributed by atoms with van der Waals surface area (Å²) in [5, 5.41) is 9.28. The summed E-state index contributed by atoms with van der Waals surface area (Å²) in [6.45, 7) is 94.2. The van der Waals surface area contributed by atoms with Gasteiger partial charge in [-0.25, -0.2) is 24.3 Å². The lowest BCUT2D eigenvalue weighted by atomic mass is 9.80. The minimum absolute atomic E-state index is 0. The number of cyclic esters (lactones) is 1. The van der Waals surface area contributed by atoms with Crippen LogP contribution in [0.3, 0.4) is 0 Å². The molecule has 0 N–H and O–H groups in total. The van der Waals surface area contributed by atoms with Gasteiger partial charge in [0, 0.05) is 189 Å². The number of pyridine rings is 1. The third kappa shape index (κ3) is 39.2. The highest BCUT2D eigenvalue weighted by Crippen LogP contribution is 2.35. The summed E-state index contributed by atoms with van der Waals surface area (Å²) in [5.74, 6) is 1.36. The molecule has 8 amide bonds. The predicted molar refractivity (Wildman–Crippen MR) is 547 cm³/mol. The average molecular weight is 1830 g/mol. The van der Waals surface area contributed by atoms with Crippen molar-refractivity contribution in [3.63, 3.8) is 0 Å². The van der Waals surface area contributed by atoms with Crippen LogP contribution in [0.5, 0.6) is 0 Å². The molecule has 7 aliphatic heterocycles. The van der Waals surface area contributed by atoms with Gasteiger partial charge in [-0.1, -0.05) is 198 Å². The number of hydrazone groups is 1. The first-order valence-corrected chi connectivity index (χ1v) is 47.3. The third-order valence-electron chi connectivity index (χ3n) is 21.2. The Labute approximate surface area is 791 Å². The van der Waals surface area contributed by atoms with Crippen molar-refractivity contribution in [3.05, 3.63) is 119 Å². The van der Waals surface area contributed by atoms with Crippen LogP contribution >= 0.6 is 0 Å². The van der Waals surface area contributed by atoms with Crippen molar-refractivity contribution in [1.29, 1.82) is 0 Å². The number of likely N-dealkylation sites (N-methyl/N-ethyl adjacent to an activating group) is 1. The molecule has 5 aromatic rings. The number of ether oxygens (including phenoxy) is 1. The van der Waals surface area contributed by atoms with Crippen LogP contribution in [0, 0.1) is 18.3 Å². The SMILES string of the molecule is C.CC.CC.CC.CC.CC.CC.CC(C)(C)N1CCCC1=O.CC(C)(C)N1CCOC1=O.CC(C)(C)N1Cc2ccccc2C1=O.CC(C)(C)N1N=CCC1=O.CN1CCC(=O)N1C(C)(C)C.CN1CCC(C(C)(C)C)C1=O.CN1CCN(C(C)(C)C)C1=O.Cc1c(C(C)(C)C)c(=O)n(C)n1C.Cn1c(=O)c(C(C)(C)C)c2ccccn21.Cn1c(C(C)(C)C)cc(=O)n1C. The number of fused-ring (bicyclic) bond motifs is 2. The van der Waals surface area contributed by atoms with Crippen molar-refractivity contribution in [1.82, 2.24) is 72.4 Å². The molecule has 12 rings (SSSR count). The molecular formula is C103H194N16O11. The monoisotopic (exact) mass is 1830 g/mol. The summed E-state index contributed by atoms with van der Waals surface area (Å²) < 4.78 is 15.4. The Morgan fingerprint density at radius 1 is 0.415 bits per heavy atom. The normalized spacial score (nSPS) is 16.0. The van der Waals surface area contributed by atoms with Gasteiger partial charge in [0.15, 0.2) is 0 Å². The van der Waals surface area contributed by atoms with Gasteiger partial charge in [-0.15, -0.1) is 0 Å². The molecule has 7 aliphatic rings. The summed E-state index contributed by atoms with van der Waals surface area (Å²) in [6.07, 6.45) is 7.30. The molecule has 1 aromatic carbocycles. The molecule has 0 radical (unpaired) electrons. The van der Waals surface area contributed by atoms with Gasteiger partial charge in [0.25, 0.3) is 22.6 Å². The summed E-state index contributed by atoms with van der Waals surface area (Å²) in [6, 6.07) is 15.6. The highest BCUT2D eigenvalue weighted by atomic mass is 16.6. The molecule has 27 nitrogen and oxygen atoms in total. The van der Waals surface area contributed by atoms with E-state index in [0.717, 1.165) is 104 Å². The number of hydrazine groups is 1. The van der Waals surface area contributed by atoms with E-state index in [4.69, 9.17) is 4.74 Å². The number of benzene rings is 1. The molecule has 5 fully saturated rings. The Hall–Kier alpha value is -8.75. The number of carbonyl (C=O) groups excluding carboxylic acids is 7. The molecule has 27 heteroatoms. The van der Waals surface area contributed by atoms with Crippen LogP contribution in [-0.4, -0.2) is 220 Å². The van der Waals surface area contributed by atoms with E-state index < -0.39 is 0 Å². The van der Waals surface area contributed by atoms with Gasteiger partial charge in [-0.3, -0.25) is 71.5 Å². The molecule has 1 atom stereocenters. The number of carbonyl (C=O) groups is 7. The zero-order chi connectivity index (χ0) is 103. The highest BCUT2D eigenvalue weighted by molar-refractivity contribution is 5.98. The highest BCUT2D eigenvalue weighted by Gasteiger charge is 2.40. The van der Waals surface area contributed by atoms with E-state index >= 15 is 0 Å². The van der Waals surface area contributed by atoms with E-state index in [2.05, 4.69) is 150 Å². The largest absolute Gasteiger partial charge is 0.448 e. The topological polar surface area (TPSA) is 251 Å². The minimum atomic E-state index is -0.187. The fourth-order valence-corrected chi connectivity index (χ4v) is 14.5. The number of hydrogen-bond donors (Lipinski definition) is 0. The van der Waals surface area contributed by atoms with E-state index in [1.807, 2.05) is 280 Å². The molecule has 1 unspecified atom stereocenters. The fourth-order valence-electron chi connectivity index (χ4n) is 14.5. The molecule has 0 aliphatic carbocycles. The van der Waals surface area contributed by atoms with E-state index in [0.29, 0.717) is 31.3 Å². The Kier molecular flexibility index (Phi) is 55.6. The van der Waals surface area contributed by atoms with Crippen molar-refractivity contribution in [2.24, 2.45) is 51.7 Å². The lowest BCUT2D eigenvalue weighted by Crippen LogP contribution is -2.49. The molecule has 0 bridgehead atoms. The summed E-state index contributed by atoms with van der Waals surface area (Å²) in [5.41, 5.74) is 6.78. The van der Waals surface area contributed by atoms with Crippen LogP contribution < -0.4 is 16.7 Å². The third-order valence-corrected chi connectivity index (χ3v) is 21.2. The maximum Gasteiger partial charge on any atom is 0.410 e. The van der Waals surface area contributed by atoms with Gasteiger partial charge in [-0.2, -0.15) is 5.10 Å². The molecule has 5 saturated heterocycles. The molecule has 11 heterocycles. The van der Waals surface area contributed by atoms with Crippen LogP contribution in [0.2, 0.25) is 0 Å². The summed E-state index contributed by atoms with van der Waals surface area (Å²) in [4.78, 5) is 125. The number of urea groups is 1. The molecule has 4 aromatic heterocycles. The summed E-state index contributed by atoms with van der Waals surface area (Å²) >= 11 is 0. The zero-order valence-corrected chi connectivity index (χ0v) is 91.7. The number of aryl methyl sites for hydroxylation is 1. The van der Waals surface area contributed by atoms with Gasteiger partial charge in [-0.05, 0) is 184 Å². The smallest absolute Gasteiger partial charge is 0.410 e. The van der Waals surface area contributed by atoms with Gasteiger partial charge in [0.1, 0.15) is 6.61 Å². The Morgan fingerprint density at radius 2 is 0.885 bits per heavy atom. The van der Waals surface area contributed by atoms with Crippen molar-refractivity contribution in [2.45, 2.75) is 393 Å². The lowest BCUT2D eigenvalue weighted by molar-refractivity contribution is -0.145. The Bertz CT molecular complexity index is 4360. The van der Waals surface area contributed by atoms with Crippen molar-refractivity contribution >= 4 is 53.4 Å². The second-order valence-corrected chi connectivity index (χ2v) is 41.5. The Balaban J connectivity index is -0.000000440. The quantitative estimate of drug-likeness (QED) is 0.140. The average Bonchev–Trinajstić information content (AvgIpc) is 1.61. The van der Waals surface area contributed by atoms with Gasteiger partial charge in [0.05, 0.1) is 29.6 Å². The van der Waals surface area contributed by atoms with Crippen LogP contribution in [0.1, 0.15) is 369 Å². The molecular weight excluding hydrogens is 1640 g/mol. The van der Waals surface area contributed by atoms with Crippen molar-refractivity contribution in [3.8, 4) is 0 Å². The molecule has 0 saturated carbocycles. The van der Waals surface area contributed by atoms with Gasteiger partial charge in [0.2, 0.25) is 23.6 Å². The van der Waals surface area contributed by atoms with Crippen molar-refractivity contribution in [2.75, 3.05) is 67.0 Å². The molecule has 752 valence electrons. The van der Waals surface area contributed by atoms with Crippen molar-refractivity contribution < 1.29 is 38.3 Å². The van der Waals surface area contributed by atoms with E-state index in [1.54, 1.807) is 57.3 Å². The van der Waals surface area contributed by atoms with E-state index in [9.17, 15) is 47.9 Å². The van der Waals surface area contributed by atoms with Crippen LogP contribution in [0.4, 0.5) is 9.59 Å². The van der Waals surface area contributed by atoms with E-state index in [-0.39, 0.29) is 115 Å². The first kappa shape index (κ1) is 130. The number of aromatic nitrogens is 6. The molecule has 130 heavy (non-hydrogen) atoms. The minimum Gasteiger partial charge on any atom is -0.448 e. The second kappa shape index (κ2) is 55.7. The first-order valence-electron chi connectivity index (χ1n) is 47.3. The van der Waals surface area contributed by atoms with Gasteiger partial charge >= 0.3 is 12.1 Å².